The summed E-state index contributed by atoms with van der Waals surface area (Å²) >= 11 is 0. The Bertz CT molecular complexity index is 1400. The lowest BCUT2D eigenvalue weighted by Gasteiger charge is -2.41. The number of benzene rings is 4. The van der Waals surface area contributed by atoms with E-state index >= 15 is 0 Å². The second kappa shape index (κ2) is 8.96. The van der Waals surface area contributed by atoms with Crippen LogP contribution in [0.2, 0.25) is 0 Å². The highest BCUT2D eigenvalue weighted by Gasteiger charge is 2.38. The Morgan fingerprint density at radius 3 is 1.89 bits per heavy atom. The maximum absolute atomic E-state index is 2.60. The zero-order chi connectivity index (χ0) is 25.7. The molecular weight excluding hydrogens is 434 g/mol. The highest BCUT2D eigenvalue weighted by atomic mass is 15.2. The summed E-state index contributed by atoms with van der Waals surface area (Å²) < 4.78 is 0. The number of hydrogen-bond acceptors (Lipinski definition) is 1. The fourth-order valence-corrected chi connectivity index (χ4v) is 6.32. The molecule has 0 unspecified atom stereocenters. The predicted octanol–water partition coefficient (Wildman–Crippen LogP) is 9.72. The third-order valence-electron chi connectivity index (χ3n) is 7.93. The van der Waals surface area contributed by atoms with Gasteiger partial charge in [0.25, 0.3) is 0 Å². The summed E-state index contributed by atoms with van der Waals surface area (Å²) in [6, 6.07) is 31.5. The molecule has 36 heavy (non-hydrogen) atoms. The minimum absolute atomic E-state index is 0.0166. The van der Waals surface area contributed by atoms with Crippen molar-refractivity contribution in [2.75, 3.05) is 4.90 Å². The van der Waals surface area contributed by atoms with Crippen molar-refractivity contribution in [2.45, 2.75) is 72.3 Å². The molecule has 1 aliphatic rings. The molecular formula is C35H39N. The zero-order valence-corrected chi connectivity index (χ0v) is 22.9. The van der Waals surface area contributed by atoms with E-state index in [0.29, 0.717) is 0 Å². The smallest absolute Gasteiger partial charge is 0.0454 e. The lowest BCUT2D eigenvalue weighted by Crippen LogP contribution is -2.39. The lowest BCUT2D eigenvalue weighted by atomic mass is 9.81. The molecule has 1 heteroatoms. The van der Waals surface area contributed by atoms with Crippen LogP contribution in [-0.4, -0.2) is 5.54 Å². The van der Waals surface area contributed by atoms with Gasteiger partial charge in [-0.15, -0.1) is 0 Å². The van der Waals surface area contributed by atoms with Crippen LogP contribution >= 0.6 is 0 Å². The molecule has 0 fully saturated rings. The van der Waals surface area contributed by atoms with E-state index in [-0.39, 0.29) is 11.0 Å². The van der Waals surface area contributed by atoms with Crippen LogP contribution in [0, 0.1) is 0 Å². The van der Waals surface area contributed by atoms with E-state index in [0.717, 1.165) is 12.8 Å². The Hall–Kier alpha value is -3.32. The Labute approximate surface area is 217 Å². The molecule has 0 saturated heterocycles. The first-order valence-electron chi connectivity index (χ1n) is 13.4. The van der Waals surface area contributed by atoms with E-state index in [2.05, 4.69) is 138 Å². The van der Waals surface area contributed by atoms with Crippen molar-refractivity contribution < 1.29 is 0 Å². The minimum Gasteiger partial charge on any atom is -0.336 e. The number of anilines is 2. The predicted molar refractivity (Wildman–Crippen MR) is 157 cm³/mol. The van der Waals surface area contributed by atoms with E-state index in [1.54, 1.807) is 0 Å². The molecule has 1 aliphatic carbocycles. The first-order valence-corrected chi connectivity index (χ1v) is 13.4. The summed E-state index contributed by atoms with van der Waals surface area (Å²) in [4.78, 5) is 2.60. The monoisotopic (exact) mass is 473 g/mol. The second-order valence-electron chi connectivity index (χ2n) is 11.5. The van der Waals surface area contributed by atoms with Crippen LogP contribution in [0.4, 0.5) is 11.4 Å². The van der Waals surface area contributed by atoms with Gasteiger partial charge in [0.05, 0.1) is 0 Å². The topological polar surface area (TPSA) is 3.24 Å². The van der Waals surface area contributed by atoms with Crippen LogP contribution in [0.15, 0.2) is 84.9 Å². The molecule has 1 nitrogen and oxygen atoms in total. The molecule has 0 N–H and O–H groups in total. The van der Waals surface area contributed by atoms with Gasteiger partial charge in [-0.1, -0.05) is 100 Å². The molecule has 0 aliphatic heterocycles. The van der Waals surface area contributed by atoms with Crippen LogP contribution in [-0.2, 0) is 18.3 Å². The molecule has 0 radical (unpaired) electrons. The highest BCUT2D eigenvalue weighted by Crippen LogP contribution is 2.53. The average molecular weight is 474 g/mol. The van der Waals surface area contributed by atoms with Crippen molar-refractivity contribution in [2.24, 2.45) is 0 Å². The van der Waals surface area contributed by atoms with Gasteiger partial charge in [-0.25, -0.2) is 0 Å². The molecule has 4 aromatic carbocycles. The van der Waals surface area contributed by atoms with Crippen LogP contribution in [0.5, 0.6) is 0 Å². The third-order valence-corrected chi connectivity index (χ3v) is 7.93. The molecule has 0 atom stereocenters. The van der Waals surface area contributed by atoms with Gasteiger partial charge in [-0.3, -0.25) is 0 Å². The number of fused-ring (bicyclic) bond motifs is 3. The summed E-state index contributed by atoms with van der Waals surface area (Å²) in [6.07, 6.45) is 1.98. The van der Waals surface area contributed by atoms with Crippen molar-refractivity contribution in [1.82, 2.24) is 0 Å². The molecule has 0 aromatic heterocycles. The Balaban J connectivity index is 1.79. The van der Waals surface area contributed by atoms with E-state index in [4.69, 9.17) is 0 Å². The largest absolute Gasteiger partial charge is 0.336 e. The van der Waals surface area contributed by atoms with Crippen molar-refractivity contribution in [3.05, 3.63) is 107 Å². The Kier molecular flexibility index (Phi) is 6.07. The normalized spacial score (nSPS) is 13.9. The second-order valence-corrected chi connectivity index (χ2v) is 11.5. The first-order chi connectivity index (χ1) is 17.2. The van der Waals surface area contributed by atoms with E-state index in [1.165, 1.54) is 55.9 Å². The molecule has 0 heterocycles. The van der Waals surface area contributed by atoms with Gasteiger partial charge >= 0.3 is 0 Å². The molecule has 0 bridgehead atoms. The van der Waals surface area contributed by atoms with Crippen LogP contribution in [0.25, 0.3) is 22.3 Å². The summed E-state index contributed by atoms with van der Waals surface area (Å²) in [7, 11) is 0. The van der Waals surface area contributed by atoms with E-state index in [1.807, 2.05) is 0 Å². The molecule has 5 rings (SSSR count). The van der Waals surface area contributed by atoms with Crippen molar-refractivity contribution in [1.29, 1.82) is 0 Å². The fourth-order valence-electron chi connectivity index (χ4n) is 6.32. The van der Waals surface area contributed by atoms with Gasteiger partial charge in [-0.05, 0) is 90.3 Å². The Morgan fingerprint density at radius 2 is 1.22 bits per heavy atom. The molecule has 0 amide bonds. The lowest BCUT2D eigenvalue weighted by molar-refractivity contribution is 0.557. The average Bonchev–Trinajstić information content (AvgIpc) is 3.10. The maximum Gasteiger partial charge on any atom is 0.0454 e. The SMILES string of the molecule is CCc1c(-c2ccccc2)cccc1N(c1ccc2c(c1CC)-c1ccccc1C2(C)C)C(C)(C)C. The van der Waals surface area contributed by atoms with Crippen molar-refractivity contribution in [3.63, 3.8) is 0 Å². The van der Waals surface area contributed by atoms with E-state index in [9.17, 15) is 0 Å². The first kappa shape index (κ1) is 24.4. The van der Waals surface area contributed by atoms with Crippen LogP contribution in [0.1, 0.15) is 70.7 Å². The summed E-state index contributed by atoms with van der Waals surface area (Å²) in [5, 5.41) is 0. The van der Waals surface area contributed by atoms with Crippen molar-refractivity contribution >= 4 is 11.4 Å². The quantitative estimate of drug-likeness (QED) is 0.279. The van der Waals surface area contributed by atoms with Crippen LogP contribution in [0.3, 0.4) is 0 Å². The number of hydrogen-bond donors (Lipinski definition) is 0. The number of rotatable bonds is 5. The van der Waals surface area contributed by atoms with Gasteiger partial charge in [0, 0.05) is 22.3 Å². The van der Waals surface area contributed by atoms with Gasteiger partial charge in [0.2, 0.25) is 0 Å². The molecule has 184 valence electrons. The van der Waals surface area contributed by atoms with Crippen LogP contribution < -0.4 is 4.90 Å². The summed E-state index contributed by atoms with van der Waals surface area (Å²) in [5.41, 5.74) is 13.8. The fraction of sp³-hybridized carbons (Fsp3) is 0.314. The zero-order valence-electron chi connectivity index (χ0n) is 22.9. The highest BCUT2D eigenvalue weighted by molar-refractivity contribution is 5.89. The van der Waals surface area contributed by atoms with Gasteiger partial charge < -0.3 is 4.90 Å². The summed E-state index contributed by atoms with van der Waals surface area (Å²) in [5.74, 6) is 0. The maximum atomic E-state index is 2.60. The van der Waals surface area contributed by atoms with Crippen molar-refractivity contribution in [3.8, 4) is 22.3 Å². The van der Waals surface area contributed by atoms with Gasteiger partial charge in [0.15, 0.2) is 0 Å². The minimum atomic E-state index is -0.0922. The standard InChI is InChI=1S/C35H39N/c1-8-25-27(24-16-11-10-12-17-24)19-15-21-31(25)36(34(3,4)5)32-23-22-30-33(26(32)9-2)28-18-13-14-20-29(28)35(30,6)7/h10-23H,8-9H2,1-7H3. The molecule has 0 spiro atoms. The van der Waals surface area contributed by atoms with Gasteiger partial charge in [0.1, 0.15) is 0 Å². The van der Waals surface area contributed by atoms with Gasteiger partial charge in [-0.2, -0.15) is 0 Å². The summed E-state index contributed by atoms with van der Waals surface area (Å²) in [6.45, 7) is 16.4. The number of nitrogens with zero attached hydrogens (tertiary/aromatic N) is 1. The molecule has 4 aromatic rings. The third kappa shape index (κ3) is 3.77. The molecule has 0 saturated carbocycles. The van der Waals surface area contributed by atoms with E-state index < -0.39 is 0 Å². The Morgan fingerprint density at radius 1 is 0.611 bits per heavy atom.